The van der Waals surface area contributed by atoms with E-state index in [1.807, 2.05) is 17.9 Å². The summed E-state index contributed by atoms with van der Waals surface area (Å²) >= 11 is 0. The van der Waals surface area contributed by atoms with Crippen LogP contribution < -0.4 is 16.6 Å². The van der Waals surface area contributed by atoms with Crippen LogP contribution in [0.15, 0.2) is 23.0 Å². The zero-order valence-electron chi connectivity index (χ0n) is 10.3. The molecule has 2 aliphatic heterocycles. The molecule has 5 heteroatoms. The summed E-state index contributed by atoms with van der Waals surface area (Å²) in [6.45, 7) is 4.26. The van der Waals surface area contributed by atoms with Crippen molar-refractivity contribution in [3.05, 3.63) is 23.0 Å². The number of hydrazine groups is 1. The molecule has 1 amide bonds. The first-order valence-electron chi connectivity index (χ1n) is 6.13. The van der Waals surface area contributed by atoms with Crippen molar-refractivity contribution < 1.29 is 4.79 Å². The normalized spacial score (nSPS) is 20.8. The van der Waals surface area contributed by atoms with E-state index in [0.29, 0.717) is 6.54 Å². The predicted octanol–water partition coefficient (Wildman–Crippen LogP) is 0.223. The van der Waals surface area contributed by atoms with E-state index < -0.39 is 0 Å². The van der Waals surface area contributed by atoms with Gasteiger partial charge < -0.3 is 15.6 Å². The van der Waals surface area contributed by atoms with E-state index in [2.05, 4.69) is 10.7 Å². The third kappa shape index (κ3) is 2.61. The Morgan fingerprint density at radius 1 is 1.41 bits per heavy atom. The first kappa shape index (κ1) is 12.0. The molecule has 0 radical (unpaired) electrons. The van der Waals surface area contributed by atoms with Gasteiger partial charge in [-0.05, 0) is 37.8 Å². The minimum atomic E-state index is 0.160. The van der Waals surface area contributed by atoms with Crippen molar-refractivity contribution in [2.75, 3.05) is 19.6 Å². The number of amides is 1. The molecule has 0 unspecified atom stereocenters. The summed E-state index contributed by atoms with van der Waals surface area (Å²) in [6.07, 6.45) is 5.40. The molecule has 0 saturated carbocycles. The molecule has 0 aromatic heterocycles. The summed E-state index contributed by atoms with van der Waals surface area (Å²) < 4.78 is 0. The van der Waals surface area contributed by atoms with Gasteiger partial charge in [-0.1, -0.05) is 0 Å². The molecule has 0 aromatic carbocycles. The van der Waals surface area contributed by atoms with Crippen LogP contribution in [0.2, 0.25) is 0 Å². The van der Waals surface area contributed by atoms with Crippen molar-refractivity contribution in [3.8, 4) is 0 Å². The Kier molecular flexibility index (Phi) is 3.68. The molecule has 2 heterocycles. The second kappa shape index (κ2) is 5.23. The molecule has 17 heavy (non-hydrogen) atoms. The van der Waals surface area contributed by atoms with Crippen LogP contribution in [0.3, 0.4) is 0 Å². The summed E-state index contributed by atoms with van der Waals surface area (Å²) in [5, 5.41) is 3.12. The van der Waals surface area contributed by atoms with Crippen molar-refractivity contribution in [1.29, 1.82) is 0 Å². The van der Waals surface area contributed by atoms with Crippen molar-refractivity contribution in [2.45, 2.75) is 26.2 Å². The van der Waals surface area contributed by atoms with Gasteiger partial charge in [0, 0.05) is 25.2 Å². The second-order valence-corrected chi connectivity index (χ2v) is 4.58. The highest BCUT2D eigenvalue weighted by molar-refractivity contribution is 5.94. The number of carbonyl (C=O) groups is 1. The number of piperidine rings is 1. The maximum atomic E-state index is 12.2. The summed E-state index contributed by atoms with van der Waals surface area (Å²) in [7, 11) is 0. The number of dihydropyridines is 1. The molecule has 1 fully saturated rings. The minimum Gasteiger partial charge on any atom is -0.366 e. The van der Waals surface area contributed by atoms with Gasteiger partial charge in [0.2, 0.25) is 0 Å². The number of nitrogens with one attached hydrogen (secondary N) is 2. The largest absolute Gasteiger partial charge is 0.366 e. The highest BCUT2D eigenvalue weighted by atomic mass is 16.2. The summed E-state index contributed by atoms with van der Waals surface area (Å²) in [5.74, 6) is 6.31. The summed E-state index contributed by atoms with van der Waals surface area (Å²) in [5.41, 5.74) is 4.39. The lowest BCUT2D eigenvalue weighted by Gasteiger charge is -2.29. The molecular weight excluding hydrogens is 216 g/mol. The van der Waals surface area contributed by atoms with Gasteiger partial charge in [-0.15, -0.1) is 0 Å². The molecule has 0 aliphatic carbocycles. The Balaban J connectivity index is 2.07. The van der Waals surface area contributed by atoms with Crippen molar-refractivity contribution in [2.24, 2.45) is 5.84 Å². The fourth-order valence-corrected chi connectivity index (χ4v) is 2.31. The van der Waals surface area contributed by atoms with Crippen LogP contribution in [-0.2, 0) is 4.79 Å². The zero-order chi connectivity index (χ0) is 12.3. The van der Waals surface area contributed by atoms with E-state index >= 15 is 0 Å². The first-order valence-corrected chi connectivity index (χ1v) is 6.13. The minimum absolute atomic E-state index is 0.160. The molecule has 1 saturated heterocycles. The standard InChI is InChI=1S/C12H20N4O/c1-9-7-10(8-14-11(9)15-13)12(17)16-5-3-2-4-6-16/h7,14-15H,2-6,8,13H2,1H3. The van der Waals surface area contributed by atoms with Gasteiger partial charge in [0.05, 0.1) is 0 Å². The molecule has 2 aliphatic rings. The highest BCUT2D eigenvalue weighted by Gasteiger charge is 2.22. The third-order valence-corrected chi connectivity index (χ3v) is 3.30. The van der Waals surface area contributed by atoms with Crippen LogP contribution in [0.4, 0.5) is 0 Å². The van der Waals surface area contributed by atoms with E-state index in [0.717, 1.165) is 42.9 Å². The van der Waals surface area contributed by atoms with Crippen LogP contribution in [0.1, 0.15) is 26.2 Å². The van der Waals surface area contributed by atoms with E-state index in [1.54, 1.807) is 0 Å². The van der Waals surface area contributed by atoms with Crippen molar-refractivity contribution in [1.82, 2.24) is 15.6 Å². The number of rotatable bonds is 2. The lowest BCUT2D eigenvalue weighted by atomic mass is 10.1. The first-order chi connectivity index (χ1) is 8.22. The highest BCUT2D eigenvalue weighted by Crippen LogP contribution is 2.16. The molecule has 94 valence electrons. The van der Waals surface area contributed by atoms with Gasteiger partial charge >= 0.3 is 0 Å². The van der Waals surface area contributed by atoms with Gasteiger partial charge in [0.1, 0.15) is 5.82 Å². The monoisotopic (exact) mass is 236 g/mol. The topological polar surface area (TPSA) is 70.4 Å². The molecule has 0 spiro atoms. The van der Waals surface area contributed by atoms with Gasteiger partial charge in [-0.2, -0.15) is 0 Å². The zero-order valence-corrected chi connectivity index (χ0v) is 10.3. The SMILES string of the molecule is CC1=C(NN)NCC(C(=O)N2CCCCC2)=C1. The number of carbonyl (C=O) groups excluding carboxylic acids is 1. The van der Waals surface area contributed by atoms with Crippen molar-refractivity contribution in [3.63, 3.8) is 0 Å². The summed E-state index contributed by atoms with van der Waals surface area (Å²) in [4.78, 5) is 14.2. The van der Waals surface area contributed by atoms with Crippen LogP contribution in [-0.4, -0.2) is 30.4 Å². The number of nitrogens with two attached hydrogens (primary N) is 1. The Morgan fingerprint density at radius 3 is 2.71 bits per heavy atom. The predicted molar refractivity (Wildman–Crippen MR) is 66.5 cm³/mol. The third-order valence-electron chi connectivity index (χ3n) is 3.30. The lowest BCUT2D eigenvalue weighted by Crippen LogP contribution is -2.42. The van der Waals surface area contributed by atoms with Gasteiger partial charge in [0.15, 0.2) is 0 Å². The molecule has 5 nitrogen and oxygen atoms in total. The van der Waals surface area contributed by atoms with Gasteiger partial charge in [0.25, 0.3) is 5.91 Å². The van der Waals surface area contributed by atoms with E-state index in [9.17, 15) is 4.79 Å². The molecule has 0 bridgehead atoms. The Labute approximate surface area is 102 Å². The molecule has 2 rings (SSSR count). The summed E-state index contributed by atoms with van der Waals surface area (Å²) in [6, 6.07) is 0. The fourth-order valence-electron chi connectivity index (χ4n) is 2.31. The Hall–Kier alpha value is -1.49. The molecule has 0 atom stereocenters. The molecular formula is C12H20N4O. The second-order valence-electron chi connectivity index (χ2n) is 4.58. The van der Waals surface area contributed by atoms with E-state index in [4.69, 9.17) is 5.84 Å². The fraction of sp³-hybridized carbons (Fsp3) is 0.583. The maximum absolute atomic E-state index is 12.2. The smallest absolute Gasteiger partial charge is 0.251 e. The number of likely N-dealkylation sites (tertiary alicyclic amines) is 1. The average molecular weight is 236 g/mol. The number of hydrogen-bond donors (Lipinski definition) is 3. The van der Waals surface area contributed by atoms with Crippen LogP contribution in [0, 0.1) is 0 Å². The Morgan fingerprint density at radius 2 is 2.12 bits per heavy atom. The van der Waals surface area contributed by atoms with E-state index in [-0.39, 0.29) is 5.91 Å². The van der Waals surface area contributed by atoms with Gasteiger partial charge in [-0.25, -0.2) is 5.84 Å². The average Bonchev–Trinajstić information content (AvgIpc) is 2.39. The molecule has 0 aromatic rings. The van der Waals surface area contributed by atoms with Crippen LogP contribution in [0.25, 0.3) is 0 Å². The number of allylic oxidation sites excluding steroid dienone is 2. The number of nitrogens with zero attached hydrogens (tertiary/aromatic N) is 1. The van der Waals surface area contributed by atoms with Crippen LogP contribution >= 0.6 is 0 Å². The van der Waals surface area contributed by atoms with Crippen LogP contribution in [0.5, 0.6) is 0 Å². The Bertz CT molecular complexity index is 367. The molecule has 4 N–H and O–H groups in total. The van der Waals surface area contributed by atoms with Crippen molar-refractivity contribution >= 4 is 5.91 Å². The number of hydrogen-bond acceptors (Lipinski definition) is 4. The van der Waals surface area contributed by atoms with Gasteiger partial charge in [-0.3, -0.25) is 4.79 Å². The quantitative estimate of drug-likeness (QED) is 0.474. The lowest BCUT2D eigenvalue weighted by molar-refractivity contribution is -0.128. The van der Waals surface area contributed by atoms with E-state index in [1.165, 1.54) is 6.42 Å². The maximum Gasteiger partial charge on any atom is 0.251 e.